The molecular weight excluding hydrogens is 246 g/mol. The SMILES string of the molecule is CCCNC1COCC1c1nc(COCCC)no1. The van der Waals surface area contributed by atoms with Crippen LogP contribution in [0, 0.1) is 0 Å². The summed E-state index contributed by atoms with van der Waals surface area (Å²) in [6, 6.07) is 0.268. The third-order valence-corrected chi connectivity index (χ3v) is 3.12. The molecule has 2 unspecified atom stereocenters. The van der Waals surface area contributed by atoms with E-state index in [1.807, 2.05) is 0 Å². The fraction of sp³-hybridized carbons (Fsp3) is 0.846. The zero-order valence-corrected chi connectivity index (χ0v) is 11.7. The Labute approximate surface area is 113 Å². The van der Waals surface area contributed by atoms with Crippen LogP contribution in [0.4, 0.5) is 0 Å². The molecule has 6 heteroatoms. The Bertz CT molecular complexity index is 370. The maximum atomic E-state index is 5.51. The number of hydrogen-bond donors (Lipinski definition) is 1. The number of rotatable bonds is 8. The van der Waals surface area contributed by atoms with Gasteiger partial charge in [0, 0.05) is 12.6 Å². The fourth-order valence-electron chi connectivity index (χ4n) is 2.11. The minimum Gasteiger partial charge on any atom is -0.379 e. The molecule has 1 N–H and O–H groups in total. The van der Waals surface area contributed by atoms with Gasteiger partial charge in [0.2, 0.25) is 5.89 Å². The van der Waals surface area contributed by atoms with Gasteiger partial charge in [-0.3, -0.25) is 0 Å². The van der Waals surface area contributed by atoms with Gasteiger partial charge in [0.1, 0.15) is 6.61 Å². The summed E-state index contributed by atoms with van der Waals surface area (Å²) in [6.07, 6.45) is 2.09. The van der Waals surface area contributed by atoms with Crippen molar-refractivity contribution in [1.82, 2.24) is 15.5 Å². The minimum atomic E-state index is 0.152. The zero-order chi connectivity index (χ0) is 13.5. The molecule has 0 amide bonds. The zero-order valence-electron chi connectivity index (χ0n) is 11.7. The van der Waals surface area contributed by atoms with Gasteiger partial charge in [-0.05, 0) is 19.4 Å². The van der Waals surface area contributed by atoms with E-state index >= 15 is 0 Å². The monoisotopic (exact) mass is 269 g/mol. The lowest BCUT2D eigenvalue weighted by molar-refractivity contribution is 0.114. The van der Waals surface area contributed by atoms with E-state index in [0.29, 0.717) is 31.5 Å². The second-order valence-electron chi connectivity index (χ2n) is 4.81. The van der Waals surface area contributed by atoms with E-state index in [1.54, 1.807) is 0 Å². The molecule has 19 heavy (non-hydrogen) atoms. The smallest absolute Gasteiger partial charge is 0.233 e. The first-order chi connectivity index (χ1) is 9.35. The lowest BCUT2D eigenvalue weighted by Crippen LogP contribution is -2.35. The summed E-state index contributed by atoms with van der Waals surface area (Å²) in [5, 5.41) is 7.41. The first kappa shape index (κ1) is 14.4. The Morgan fingerprint density at radius 3 is 3.00 bits per heavy atom. The molecule has 6 nitrogen and oxygen atoms in total. The summed E-state index contributed by atoms with van der Waals surface area (Å²) < 4.78 is 16.2. The second kappa shape index (κ2) is 7.57. The van der Waals surface area contributed by atoms with Crippen LogP contribution in [0.25, 0.3) is 0 Å². The van der Waals surface area contributed by atoms with E-state index in [2.05, 4.69) is 29.3 Å². The van der Waals surface area contributed by atoms with Gasteiger partial charge < -0.3 is 19.3 Å². The third-order valence-electron chi connectivity index (χ3n) is 3.12. The number of nitrogens with one attached hydrogen (secondary N) is 1. The lowest BCUT2D eigenvalue weighted by Gasteiger charge is -2.14. The Hall–Kier alpha value is -0.980. The van der Waals surface area contributed by atoms with Crippen molar-refractivity contribution in [2.75, 3.05) is 26.4 Å². The average Bonchev–Trinajstić information content (AvgIpc) is 3.05. The van der Waals surface area contributed by atoms with Crippen LogP contribution >= 0.6 is 0 Å². The first-order valence-electron chi connectivity index (χ1n) is 7.06. The number of aromatic nitrogens is 2. The van der Waals surface area contributed by atoms with Crippen LogP contribution in [0.5, 0.6) is 0 Å². The number of hydrogen-bond acceptors (Lipinski definition) is 6. The molecule has 2 atom stereocenters. The molecule has 1 fully saturated rings. The third kappa shape index (κ3) is 3.99. The van der Waals surface area contributed by atoms with Crippen LogP contribution in [0.15, 0.2) is 4.52 Å². The van der Waals surface area contributed by atoms with E-state index in [-0.39, 0.29) is 12.0 Å². The van der Waals surface area contributed by atoms with Crippen molar-refractivity contribution < 1.29 is 14.0 Å². The molecule has 1 aliphatic rings. The maximum absolute atomic E-state index is 5.51. The highest BCUT2D eigenvalue weighted by Gasteiger charge is 2.33. The minimum absolute atomic E-state index is 0.152. The molecule has 0 spiro atoms. The van der Waals surface area contributed by atoms with Gasteiger partial charge in [-0.15, -0.1) is 0 Å². The summed E-state index contributed by atoms with van der Waals surface area (Å²) in [5.41, 5.74) is 0. The Morgan fingerprint density at radius 1 is 1.32 bits per heavy atom. The maximum Gasteiger partial charge on any atom is 0.233 e. The van der Waals surface area contributed by atoms with E-state index in [4.69, 9.17) is 14.0 Å². The van der Waals surface area contributed by atoms with E-state index < -0.39 is 0 Å². The van der Waals surface area contributed by atoms with Crippen LogP contribution in [0.2, 0.25) is 0 Å². The van der Waals surface area contributed by atoms with Gasteiger partial charge in [0.15, 0.2) is 5.82 Å². The Balaban J connectivity index is 1.89. The summed E-state index contributed by atoms with van der Waals surface area (Å²) in [5.74, 6) is 1.42. The molecule has 0 aliphatic carbocycles. The summed E-state index contributed by atoms with van der Waals surface area (Å²) in [7, 11) is 0. The van der Waals surface area contributed by atoms with Gasteiger partial charge in [-0.1, -0.05) is 19.0 Å². The van der Waals surface area contributed by atoms with Gasteiger partial charge >= 0.3 is 0 Å². The van der Waals surface area contributed by atoms with Crippen LogP contribution < -0.4 is 5.32 Å². The Kier molecular flexibility index (Phi) is 5.75. The molecule has 1 saturated heterocycles. The average molecular weight is 269 g/mol. The van der Waals surface area contributed by atoms with Crippen LogP contribution in [-0.4, -0.2) is 42.5 Å². The fourth-order valence-corrected chi connectivity index (χ4v) is 2.11. The predicted molar refractivity (Wildman–Crippen MR) is 69.9 cm³/mol. The second-order valence-corrected chi connectivity index (χ2v) is 4.81. The van der Waals surface area contributed by atoms with Crippen molar-refractivity contribution in [2.45, 2.75) is 45.3 Å². The standard InChI is InChI=1S/C13H23N3O3/c1-3-5-14-11-8-18-7-10(11)13-15-12(16-19-13)9-17-6-4-2/h10-11,14H,3-9H2,1-2H3. The highest BCUT2D eigenvalue weighted by Crippen LogP contribution is 2.24. The van der Waals surface area contributed by atoms with Crippen LogP contribution in [0.3, 0.4) is 0 Å². The summed E-state index contributed by atoms with van der Waals surface area (Å²) in [6.45, 7) is 7.67. The molecule has 2 rings (SSSR count). The number of ether oxygens (including phenoxy) is 2. The van der Waals surface area contributed by atoms with Crippen molar-refractivity contribution in [3.8, 4) is 0 Å². The molecule has 0 radical (unpaired) electrons. The van der Waals surface area contributed by atoms with Gasteiger partial charge in [-0.2, -0.15) is 4.98 Å². The van der Waals surface area contributed by atoms with Crippen LogP contribution in [-0.2, 0) is 16.1 Å². The molecular formula is C13H23N3O3. The molecule has 2 heterocycles. The molecule has 0 bridgehead atoms. The van der Waals surface area contributed by atoms with Crippen molar-refractivity contribution >= 4 is 0 Å². The van der Waals surface area contributed by atoms with Gasteiger partial charge in [0.05, 0.1) is 19.1 Å². The van der Waals surface area contributed by atoms with E-state index in [9.17, 15) is 0 Å². The molecule has 0 aromatic carbocycles. The molecule has 1 aliphatic heterocycles. The van der Waals surface area contributed by atoms with Gasteiger partial charge in [-0.25, -0.2) is 0 Å². The van der Waals surface area contributed by atoms with Crippen molar-refractivity contribution in [3.63, 3.8) is 0 Å². The molecule has 0 saturated carbocycles. The quantitative estimate of drug-likeness (QED) is 0.721. The first-order valence-corrected chi connectivity index (χ1v) is 7.06. The summed E-state index contributed by atoms with van der Waals surface area (Å²) >= 11 is 0. The molecule has 1 aromatic heterocycles. The van der Waals surface area contributed by atoms with Crippen molar-refractivity contribution in [3.05, 3.63) is 11.7 Å². The van der Waals surface area contributed by atoms with Crippen molar-refractivity contribution in [1.29, 1.82) is 0 Å². The van der Waals surface area contributed by atoms with Crippen LogP contribution in [0.1, 0.15) is 44.3 Å². The number of nitrogens with zero attached hydrogens (tertiary/aromatic N) is 2. The molecule has 108 valence electrons. The van der Waals surface area contributed by atoms with Gasteiger partial charge in [0.25, 0.3) is 0 Å². The highest BCUT2D eigenvalue weighted by atomic mass is 16.5. The normalized spacial score (nSPS) is 23.1. The van der Waals surface area contributed by atoms with E-state index in [1.165, 1.54) is 0 Å². The topological polar surface area (TPSA) is 69.4 Å². The van der Waals surface area contributed by atoms with E-state index in [0.717, 1.165) is 26.0 Å². The Morgan fingerprint density at radius 2 is 2.21 bits per heavy atom. The highest BCUT2D eigenvalue weighted by molar-refractivity contribution is 5.02. The summed E-state index contributed by atoms with van der Waals surface area (Å²) in [4.78, 5) is 4.40. The largest absolute Gasteiger partial charge is 0.379 e. The molecule has 1 aromatic rings. The lowest BCUT2D eigenvalue weighted by atomic mass is 10.0. The predicted octanol–water partition coefficient (Wildman–Crippen LogP) is 1.48. The van der Waals surface area contributed by atoms with Crippen molar-refractivity contribution in [2.24, 2.45) is 0 Å².